The second-order valence-electron chi connectivity index (χ2n) is 4.07. The van der Waals surface area contributed by atoms with Gasteiger partial charge in [-0.1, -0.05) is 11.8 Å². The molecule has 0 aromatic carbocycles. The average Bonchev–Trinajstić information content (AvgIpc) is 2.47. The molecule has 20 heavy (non-hydrogen) atoms. The Hall–Kier alpha value is -2.71. The summed E-state index contributed by atoms with van der Waals surface area (Å²) in [7, 11) is 0. The number of aryl methyl sites for hydroxylation is 1. The highest BCUT2D eigenvalue weighted by atomic mass is 16.1. The lowest BCUT2D eigenvalue weighted by atomic mass is 10.1. The predicted molar refractivity (Wildman–Crippen MR) is 77.1 cm³/mol. The highest BCUT2D eigenvalue weighted by Gasteiger charge is 2.10. The SMILES string of the molecule is Cc1ccc(NC(=O)c2ccncc2C#CCN)cn1. The summed E-state index contributed by atoms with van der Waals surface area (Å²) in [6.45, 7) is 2.12. The third kappa shape index (κ3) is 3.40. The number of hydrogen-bond donors (Lipinski definition) is 2. The van der Waals surface area contributed by atoms with Crippen LogP contribution in [0, 0.1) is 18.8 Å². The van der Waals surface area contributed by atoms with Crippen molar-refractivity contribution >= 4 is 11.6 Å². The number of aromatic nitrogens is 2. The van der Waals surface area contributed by atoms with Crippen LogP contribution in [0.1, 0.15) is 21.6 Å². The molecule has 0 saturated carbocycles. The van der Waals surface area contributed by atoms with Gasteiger partial charge < -0.3 is 11.1 Å². The summed E-state index contributed by atoms with van der Waals surface area (Å²) in [4.78, 5) is 20.3. The summed E-state index contributed by atoms with van der Waals surface area (Å²) in [5.74, 6) is 5.30. The number of carbonyl (C=O) groups is 1. The van der Waals surface area contributed by atoms with Crippen molar-refractivity contribution in [1.29, 1.82) is 0 Å². The topological polar surface area (TPSA) is 80.9 Å². The molecule has 100 valence electrons. The van der Waals surface area contributed by atoms with Gasteiger partial charge in [0.15, 0.2) is 0 Å². The maximum absolute atomic E-state index is 12.2. The molecule has 0 aliphatic rings. The molecule has 0 aliphatic heterocycles. The van der Waals surface area contributed by atoms with E-state index in [4.69, 9.17) is 5.73 Å². The van der Waals surface area contributed by atoms with Crippen LogP contribution in [0.3, 0.4) is 0 Å². The standard InChI is InChI=1S/C15H14N4O/c1-11-4-5-13(10-18-11)19-15(20)14-6-8-17-9-12(14)3-2-7-16/h4-6,8-10H,7,16H2,1H3,(H,19,20). The van der Waals surface area contributed by atoms with Crippen molar-refractivity contribution in [3.8, 4) is 11.8 Å². The molecular formula is C15H14N4O. The van der Waals surface area contributed by atoms with Crippen molar-refractivity contribution in [3.63, 3.8) is 0 Å². The number of nitrogens with zero attached hydrogens (tertiary/aromatic N) is 2. The number of anilines is 1. The molecule has 0 fully saturated rings. The van der Waals surface area contributed by atoms with Gasteiger partial charge in [-0.15, -0.1) is 0 Å². The fourth-order valence-electron chi connectivity index (χ4n) is 1.58. The molecule has 3 N–H and O–H groups in total. The van der Waals surface area contributed by atoms with Gasteiger partial charge in [0.05, 0.1) is 29.6 Å². The third-order valence-electron chi connectivity index (χ3n) is 2.56. The minimum atomic E-state index is -0.251. The molecule has 0 bridgehead atoms. The van der Waals surface area contributed by atoms with Crippen molar-refractivity contribution in [2.24, 2.45) is 5.73 Å². The van der Waals surface area contributed by atoms with Crippen LogP contribution >= 0.6 is 0 Å². The molecule has 2 heterocycles. The lowest BCUT2D eigenvalue weighted by Gasteiger charge is -2.06. The second kappa shape index (κ2) is 6.45. The van der Waals surface area contributed by atoms with Crippen LogP contribution in [0.5, 0.6) is 0 Å². The first-order valence-electron chi connectivity index (χ1n) is 6.07. The van der Waals surface area contributed by atoms with Gasteiger partial charge in [0.2, 0.25) is 0 Å². The Bertz CT molecular complexity index is 668. The van der Waals surface area contributed by atoms with Crippen LogP contribution in [-0.2, 0) is 0 Å². The van der Waals surface area contributed by atoms with Crippen molar-refractivity contribution in [3.05, 3.63) is 53.6 Å². The number of carbonyl (C=O) groups excluding carboxylic acids is 1. The largest absolute Gasteiger partial charge is 0.321 e. The zero-order valence-electron chi connectivity index (χ0n) is 11.1. The first kappa shape index (κ1) is 13.7. The Morgan fingerprint density at radius 1 is 1.35 bits per heavy atom. The third-order valence-corrected chi connectivity index (χ3v) is 2.56. The molecule has 2 aromatic rings. The summed E-state index contributed by atoms with van der Waals surface area (Å²) >= 11 is 0. The summed E-state index contributed by atoms with van der Waals surface area (Å²) in [5.41, 5.74) is 7.87. The number of rotatable bonds is 2. The number of amides is 1. The first-order chi connectivity index (χ1) is 9.70. The highest BCUT2D eigenvalue weighted by Crippen LogP contribution is 2.11. The molecule has 0 atom stereocenters. The smallest absolute Gasteiger partial charge is 0.257 e. The van der Waals surface area contributed by atoms with E-state index in [2.05, 4.69) is 27.1 Å². The molecule has 1 amide bonds. The first-order valence-corrected chi connectivity index (χ1v) is 6.07. The number of nitrogens with two attached hydrogens (primary N) is 1. The Kier molecular flexibility index (Phi) is 4.43. The van der Waals surface area contributed by atoms with Crippen LogP contribution in [0.15, 0.2) is 36.8 Å². The van der Waals surface area contributed by atoms with E-state index in [0.29, 0.717) is 16.8 Å². The molecule has 5 heteroatoms. The molecule has 0 radical (unpaired) electrons. The van der Waals surface area contributed by atoms with E-state index in [9.17, 15) is 4.79 Å². The summed E-state index contributed by atoms with van der Waals surface area (Å²) < 4.78 is 0. The van der Waals surface area contributed by atoms with Crippen molar-refractivity contribution < 1.29 is 4.79 Å². The van der Waals surface area contributed by atoms with Gasteiger partial charge in [-0.25, -0.2) is 0 Å². The van der Waals surface area contributed by atoms with Crippen molar-refractivity contribution in [2.45, 2.75) is 6.92 Å². The van der Waals surface area contributed by atoms with Crippen molar-refractivity contribution in [1.82, 2.24) is 9.97 Å². The van der Waals surface area contributed by atoms with E-state index in [-0.39, 0.29) is 12.5 Å². The lowest BCUT2D eigenvalue weighted by Crippen LogP contribution is -2.14. The summed E-state index contributed by atoms with van der Waals surface area (Å²) in [6, 6.07) is 5.25. The Balaban J connectivity index is 2.23. The molecule has 5 nitrogen and oxygen atoms in total. The van der Waals surface area contributed by atoms with Crippen LogP contribution in [0.2, 0.25) is 0 Å². The van der Waals surface area contributed by atoms with Gasteiger partial charge in [-0.2, -0.15) is 0 Å². The van der Waals surface area contributed by atoms with Gasteiger partial charge in [0.1, 0.15) is 0 Å². The molecule has 0 saturated heterocycles. The van der Waals surface area contributed by atoms with Gasteiger partial charge in [-0.05, 0) is 25.1 Å². The maximum atomic E-state index is 12.2. The lowest BCUT2D eigenvalue weighted by molar-refractivity contribution is 0.102. The fourth-order valence-corrected chi connectivity index (χ4v) is 1.58. The summed E-state index contributed by atoms with van der Waals surface area (Å²) in [6.07, 6.45) is 4.71. The van der Waals surface area contributed by atoms with E-state index >= 15 is 0 Å². The van der Waals surface area contributed by atoms with Gasteiger partial charge in [0, 0.05) is 18.1 Å². The zero-order valence-corrected chi connectivity index (χ0v) is 11.1. The Morgan fingerprint density at radius 2 is 2.20 bits per heavy atom. The van der Waals surface area contributed by atoms with Crippen LogP contribution in [0.4, 0.5) is 5.69 Å². The monoisotopic (exact) mass is 266 g/mol. The van der Waals surface area contributed by atoms with Gasteiger partial charge >= 0.3 is 0 Å². The van der Waals surface area contributed by atoms with Crippen molar-refractivity contribution in [2.75, 3.05) is 11.9 Å². The van der Waals surface area contributed by atoms with Gasteiger partial charge in [-0.3, -0.25) is 14.8 Å². The van der Waals surface area contributed by atoms with E-state index in [1.807, 2.05) is 13.0 Å². The van der Waals surface area contributed by atoms with Crippen LogP contribution in [-0.4, -0.2) is 22.4 Å². The van der Waals surface area contributed by atoms with E-state index < -0.39 is 0 Å². The van der Waals surface area contributed by atoms with Crippen LogP contribution in [0.25, 0.3) is 0 Å². The molecular weight excluding hydrogens is 252 g/mol. The fraction of sp³-hybridized carbons (Fsp3) is 0.133. The van der Waals surface area contributed by atoms with E-state index in [1.54, 1.807) is 30.7 Å². The molecule has 0 spiro atoms. The van der Waals surface area contributed by atoms with Crippen LogP contribution < -0.4 is 11.1 Å². The number of nitrogens with one attached hydrogen (secondary N) is 1. The molecule has 2 rings (SSSR count). The Morgan fingerprint density at radius 3 is 2.90 bits per heavy atom. The van der Waals surface area contributed by atoms with Gasteiger partial charge in [0.25, 0.3) is 5.91 Å². The summed E-state index contributed by atoms with van der Waals surface area (Å²) in [5, 5.41) is 2.77. The Labute approximate surface area is 117 Å². The molecule has 0 unspecified atom stereocenters. The number of pyridine rings is 2. The molecule has 0 aliphatic carbocycles. The van der Waals surface area contributed by atoms with E-state index in [1.165, 1.54) is 0 Å². The normalized spacial score (nSPS) is 9.50. The van der Waals surface area contributed by atoms with E-state index in [0.717, 1.165) is 5.69 Å². The second-order valence-corrected chi connectivity index (χ2v) is 4.07. The predicted octanol–water partition coefficient (Wildman–Crippen LogP) is 1.35. The minimum absolute atomic E-state index is 0.234. The zero-order chi connectivity index (χ0) is 14.4. The maximum Gasteiger partial charge on any atom is 0.257 e. The average molecular weight is 266 g/mol. The molecule has 2 aromatic heterocycles. The highest BCUT2D eigenvalue weighted by molar-refractivity contribution is 6.05. The quantitative estimate of drug-likeness (QED) is 0.804. The number of hydrogen-bond acceptors (Lipinski definition) is 4. The minimum Gasteiger partial charge on any atom is -0.321 e.